The van der Waals surface area contributed by atoms with Crippen LogP contribution in [0.1, 0.15) is 43.1 Å². The second kappa shape index (κ2) is 7.23. The van der Waals surface area contributed by atoms with Gasteiger partial charge in [0, 0.05) is 5.56 Å². The number of hydrogen-bond acceptors (Lipinski definition) is 2. The molecule has 0 amide bonds. The van der Waals surface area contributed by atoms with Crippen molar-refractivity contribution in [2.45, 2.75) is 33.6 Å². The summed E-state index contributed by atoms with van der Waals surface area (Å²) in [6.45, 7) is 7.83. The molecule has 1 aromatic carbocycles. The van der Waals surface area contributed by atoms with Gasteiger partial charge in [-0.05, 0) is 36.9 Å². The first-order valence-electron chi connectivity index (χ1n) is 6.46. The van der Waals surface area contributed by atoms with Gasteiger partial charge in [-0.2, -0.15) is 0 Å². The van der Waals surface area contributed by atoms with Crippen molar-refractivity contribution in [3.8, 4) is 0 Å². The second-order valence-corrected chi connectivity index (χ2v) is 4.90. The van der Waals surface area contributed by atoms with Crippen molar-refractivity contribution in [2.75, 3.05) is 13.1 Å². The van der Waals surface area contributed by atoms with Crippen LogP contribution < -0.4 is 5.32 Å². The van der Waals surface area contributed by atoms with Crippen LogP contribution >= 0.6 is 0 Å². The molecule has 0 radical (unpaired) electrons. The van der Waals surface area contributed by atoms with Gasteiger partial charge in [-0.3, -0.25) is 4.79 Å². The Bertz CT molecular complexity index is 358. The number of rotatable bonds is 7. The Labute approximate surface area is 104 Å². The third-order valence-electron chi connectivity index (χ3n) is 2.61. The summed E-state index contributed by atoms with van der Waals surface area (Å²) >= 11 is 0. The number of nitrogens with one attached hydrogen (secondary N) is 1. The normalized spacial score (nSPS) is 10.8. The standard InChI is InChI=1S/C15H23NO/c1-4-8-16-11-15(17)14-7-5-6-13(10-14)9-12(2)3/h5-7,10,12,16H,4,8-9,11H2,1-3H3. The van der Waals surface area contributed by atoms with Gasteiger partial charge in [0.05, 0.1) is 6.54 Å². The van der Waals surface area contributed by atoms with E-state index in [1.54, 1.807) is 0 Å². The van der Waals surface area contributed by atoms with Crippen LogP contribution in [0.4, 0.5) is 0 Å². The quantitative estimate of drug-likeness (QED) is 0.579. The largest absolute Gasteiger partial charge is 0.310 e. The van der Waals surface area contributed by atoms with Gasteiger partial charge in [-0.15, -0.1) is 0 Å². The molecule has 0 spiro atoms. The highest BCUT2D eigenvalue weighted by atomic mass is 16.1. The Morgan fingerprint density at radius 3 is 2.76 bits per heavy atom. The molecule has 0 aliphatic rings. The van der Waals surface area contributed by atoms with Gasteiger partial charge in [0.25, 0.3) is 0 Å². The molecule has 1 aromatic rings. The molecule has 2 nitrogen and oxygen atoms in total. The lowest BCUT2D eigenvalue weighted by Gasteiger charge is -2.07. The smallest absolute Gasteiger partial charge is 0.176 e. The van der Waals surface area contributed by atoms with Crippen molar-refractivity contribution in [1.29, 1.82) is 0 Å². The van der Waals surface area contributed by atoms with Crippen molar-refractivity contribution in [3.05, 3.63) is 35.4 Å². The minimum Gasteiger partial charge on any atom is -0.310 e. The van der Waals surface area contributed by atoms with Crippen molar-refractivity contribution in [1.82, 2.24) is 5.32 Å². The van der Waals surface area contributed by atoms with E-state index in [0.717, 1.165) is 24.9 Å². The van der Waals surface area contributed by atoms with E-state index in [9.17, 15) is 4.79 Å². The number of hydrogen-bond donors (Lipinski definition) is 1. The summed E-state index contributed by atoms with van der Waals surface area (Å²) in [6, 6.07) is 8.00. The molecule has 2 heteroatoms. The van der Waals surface area contributed by atoms with E-state index in [0.29, 0.717) is 12.5 Å². The SMILES string of the molecule is CCCNCC(=O)c1cccc(CC(C)C)c1. The Balaban J connectivity index is 2.60. The Hall–Kier alpha value is -1.15. The van der Waals surface area contributed by atoms with Gasteiger partial charge in [0.1, 0.15) is 0 Å². The molecule has 94 valence electrons. The van der Waals surface area contributed by atoms with Crippen LogP contribution in [-0.4, -0.2) is 18.9 Å². The fourth-order valence-corrected chi connectivity index (χ4v) is 1.82. The summed E-state index contributed by atoms with van der Waals surface area (Å²) in [5.41, 5.74) is 2.08. The molecule has 1 N–H and O–H groups in total. The predicted molar refractivity (Wildman–Crippen MR) is 72.5 cm³/mol. The zero-order chi connectivity index (χ0) is 12.7. The fourth-order valence-electron chi connectivity index (χ4n) is 1.82. The van der Waals surface area contributed by atoms with Gasteiger partial charge < -0.3 is 5.32 Å². The molecule has 0 saturated carbocycles. The first kappa shape index (κ1) is 13.9. The summed E-state index contributed by atoms with van der Waals surface area (Å²) in [5.74, 6) is 0.808. The molecule has 0 bridgehead atoms. The van der Waals surface area contributed by atoms with Crippen molar-refractivity contribution in [3.63, 3.8) is 0 Å². The van der Waals surface area contributed by atoms with Crippen molar-refractivity contribution < 1.29 is 4.79 Å². The second-order valence-electron chi connectivity index (χ2n) is 4.90. The highest BCUT2D eigenvalue weighted by molar-refractivity contribution is 5.97. The monoisotopic (exact) mass is 233 g/mol. The first-order chi connectivity index (χ1) is 8.13. The molecular formula is C15H23NO. The fraction of sp³-hybridized carbons (Fsp3) is 0.533. The van der Waals surface area contributed by atoms with E-state index in [4.69, 9.17) is 0 Å². The van der Waals surface area contributed by atoms with E-state index < -0.39 is 0 Å². The van der Waals surface area contributed by atoms with Gasteiger partial charge in [-0.1, -0.05) is 39.0 Å². The van der Waals surface area contributed by atoms with Crippen molar-refractivity contribution in [2.24, 2.45) is 5.92 Å². The lowest BCUT2D eigenvalue weighted by atomic mass is 10.00. The summed E-state index contributed by atoms with van der Waals surface area (Å²) in [7, 11) is 0. The third-order valence-corrected chi connectivity index (χ3v) is 2.61. The highest BCUT2D eigenvalue weighted by Gasteiger charge is 2.06. The van der Waals surface area contributed by atoms with Crippen LogP contribution in [0.2, 0.25) is 0 Å². The minimum atomic E-state index is 0.184. The van der Waals surface area contributed by atoms with E-state index in [-0.39, 0.29) is 5.78 Å². The Morgan fingerprint density at radius 1 is 1.35 bits per heavy atom. The molecule has 0 unspecified atom stereocenters. The summed E-state index contributed by atoms with van der Waals surface area (Å²) in [4.78, 5) is 11.9. The Kier molecular flexibility index (Phi) is 5.92. The van der Waals surface area contributed by atoms with Crippen LogP contribution in [0.5, 0.6) is 0 Å². The lowest BCUT2D eigenvalue weighted by Crippen LogP contribution is -2.23. The predicted octanol–water partition coefficient (Wildman–Crippen LogP) is 3.07. The van der Waals surface area contributed by atoms with Gasteiger partial charge in [0.15, 0.2) is 5.78 Å². The van der Waals surface area contributed by atoms with E-state index in [2.05, 4.69) is 32.2 Å². The number of Topliss-reactive ketones (excluding diaryl/α,β-unsaturated/α-hetero) is 1. The van der Waals surface area contributed by atoms with Crippen LogP contribution in [0.3, 0.4) is 0 Å². The van der Waals surface area contributed by atoms with Crippen LogP contribution in [0, 0.1) is 5.92 Å². The lowest BCUT2D eigenvalue weighted by molar-refractivity contribution is 0.0991. The van der Waals surface area contributed by atoms with E-state index in [1.165, 1.54) is 5.56 Å². The maximum atomic E-state index is 11.9. The van der Waals surface area contributed by atoms with Gasteiger partial charge >= 0.3 is 0 Å². The average Bonchev–Trinajstić information content (AvgIpc) is 2.28. The molecule has 0 heterocycles. The van der Waals surface area contributed by atoms with Gasteiger partial charge in [0.2, 0.25) is 0 Å². The average molecular weight is 233 g/mol. The summed E-state index contributed by atoms with van der Waals surface area (Å²) in [6.07, 6.45) is 2.09. The molecule has 0 saturated heterocycles. The first-order valence-corrected chi connectivity index (χ1v) is 6.46. The number of carbonyl (C=O) groups excluding carboxylic acids is 1. The maximum Gasteiger partial charge on any atom is 0.176 e. The minimum absolute atomic E-state index is 0.184. The molecule has 1 rings (SSSR count). The number of benzene rings is 1. The molecule has 0 aliphatic carbocycles. The number of carbonyl (C=O) groups is 1. The molecule has 0 aromatic heterocycles. The van der Waals surface area contributed by atoms with Gasteiger partial charge in [-0.25, -0.2) is 0 Å². The third kappa shape index (κ3) is 5.14. The topological polar surface area (TPSA) is 29.1 Å². The van der Waals surface area contributed by atoms with Crippen LogP contribution in [0.15, 0.2) is 24.3 Å². The summed E-state index contributed by atoms with van der Waals surface area (Å²) < 4.78 is 0. The zero-order valence-corrected chi connectivity index (χ0v) is 11.1. The van der Waals surface area contributed by atoms with E-state index in [1.807, 2.05) is 18.2 Å². The van der Waals surface area contributed by atoms with E-state index >= 15 is 0 Å². The van der Waals surface area contributed by atoms with Crippen LogP contribution in [-0.2, 0) is 6.42 Å². The molecule has 0 atom stereocenters. The highest BCUT2D eigenvalue weighted by Crippen LogP contribution is 2.10. The molecular weight excluding hydrogens is 210 g/mol. The van der Waals surface area contributed by atoms with Crippen LogP contribution in [0.25, 0.3) is 0 Å². The molecule has 0 aliphatic heterocycles. The Morgan fingerprint density at radius 2 is 2.12 bits per heavy atom. The molecule has 0 fully saturated rings. The number of ketones is 1. The molecule has 17 heavy (non-hydrogen) atoms. The maximum absolute atomic E-state index is 11.9. The summed E-state index contributed by atoms with van der Waals surface area (Å²) in [5, 5.41) is 3.14. The zero-order valence-electron chi connectivity index (χ0n) is 11.1. The van der Waals surface area contributed by atoms with Crippen molar-refractivity contribution >= 4 is 5.78 Å².